The van der Waals surface area contributed by atoms with Crippen LogP contribution in [0.4, 0.5) is 0 Å². The van der Waals surface area contributed by atoms with E-state index in [1.807, 2.05) is 0 Å². The molecule has 7 nitrogen and oxygen atoms in total. The van der Waals surface area contributed by atoms with Crippen LogP contribution in [0.5, 0.6) is 11.5 Å². The number of benzene rings is 2. The summed E-state index contributed by atoms with van der Waals surface area (Å²) in [7, 11) is 3.04. The van der Waals surface area contributed by atoms with Gasteiger partial charge in [-0.3, -0.25) is 9.59 Å². The molecule has 0 aliphatic carbocycles. The second kappa shape index (κ2) is 9.22. The van der Waals surface area contributed by atoms with Gasteiger partial charge in [0.25, 0.3) is 11.7 Å². The van der Waals surface area contributed by atoms with E-state index in [-0.39, 0.29) is 24.0 Å². The van der Waals surface area contributed by atoms with Crippen LogP contribution in [-0.2, 0) is 14.3 Å². The van der Waals surface area contributed by atoms with E-state index in [2.05, 4.69) is 0 Å². The lowest BCUT2D eigenvalue weighted by Crippen LogP contribution is -2.36. The molecule has 0 aromatic heterocycles. The lowest BCUT2D eigenvalue weighted by molar-refractivity contribution is -0.140. The van der Waals surface area contributed by atoms with Gasteiger partial charge in [-0.05, 0) is 49.2 Å². The minimum absolute atomic E-state index is 0.00112. The van der Waals surface area contributed by atoms with Gasteiger partial charge in [0.2, 0.25) is 0 Å². The van der Waals surface area contributed by atoms with Gasteiger partial charge < -0.3 is 24.2 Å². The number of hydrogen-bond acceptors (Lipinski definition) is 6. The highest BCUT2D eigenvalue weighted by Crippen LogP contribution is 2.44. The summed E-state index contributed by atoms with van der Waals surface area (Å²) in [5.74, 6) is -0.690. The molecular formula is C24H24ClNO6. The monoisotopic (exact) mass is 457 g/mol. The molecule has 2 atom stereocenters. The third kappa shape index (κ3) is 4.06. The van der Waals surface area contributed by atoms with E-state index in [1.54, 1.807) is 49.6 Å². The first kappa shape index (κ1) is 22.2. The van der Waals surface area contributed by atoms with Gasteiger partial charge in [-0.25, -0.2) is 0 Å². The molecule has 1 amide bonds. The number of Topliss-reactive ketones (excluding diaryl/α,β-unsaturated/α-hetero) is 1. The van der Waals surface area contributed by atoms with Crippen LogP contribution in [-0.4, -0.2) is 55.2 Å². The van der Waals surface area contributed by atoms with Gasteiger partial charge in [0.1, 0.15) is 17.3 Å². The zero-order valence-corrected chi connectivity index (χ0v) is 18.6. The summed E-state index contributed by atoms with van der Waals surface area (Å²) in [6.45, 7) is 0.859. The van der Waals surface area contributed by atoms with E-state index in [1.165, 1.54) is 12.0 Å². The molecule has 0 radical (unpaired) electrons. The van der Waals surface area contributed by atoms with Gasteiger partial charge in [0.15, 0.2) is 0 Å². The lowest BCUT2D eigenvalue weighted by Gasteiger charge is -2.28. The largest absolute Gasteiger partial charge is 0.507 e. The molecular weight excluding hydrogens is 434 g/mol. The Kier molecular flexibility index (Phi) is 6.39. The van der Waals surface area contributed by atoms with E-state index in [0.717, 1.165) is 12.8 Å². The minimum Gasteiger partial charge on any atom is -0.507 e. The van der Waals surface area contributed by atoms with Crippen molar-refractivity contribution in [2.45, 2.75) is 25.0 Å². The van der Waals surface area contributed by atoms with E-state index in [9.17, 15) is 14.7 Å². The molecule has 2 aromatic rings. The summed E-state index contributed by atoms with van der Waals surface area (Å²) in [4.78, 5) is 27.7. The molecule has 0 spiro atoms. The molecule has 0 saturated carbocycles. The lowest BCUT2D eigenvalue weighted by atomic mass is 9.94. The Labute approximate surface area is 191 Å². The molecule has 168 valence electrons. The average molecular weight is 458 g/mol. The number of aliphatic hydroxyl groups is 1. The highest BCUT2D eigenvalue weighted by molar-refractivity contribution is 6.46. The Morgan fingerprint density at radius 2 is 1.91 bits per heavy atom. The first-order valence-electron chi connectivity index (χ1n) is 10.3. The number of likely N-dealkylation sites (tertiary alicyclic amines) is 1. The molecule has 4 rings (SSSR count). The normalized spacial score (nSPS) is 22.4. The molecule has 8 heteroatoms. The number of aliphatic hydroxyl groups excluding tert-OH is 1. The molecule has 2 unspecified atom stereocenters. The Morgan fingerprint density at radius 3 is 2.53 bits per heavy atom. The Balaban J connectivity index is 1.87. The maximum absolute atomic E-state index is 13.1. The summed E-state index contributed by atoms with van der Waals surface area (Å²) < 4.78 is 16.6. The maximum Gasteiger partial charge on any atom is 0.295 e. The second-order valence-corrected chi connectivity index (χ2v) is 8.14. The molecule has 0 bridgehead atoms. The van der Waals surface area contributed by atoms with Crippen molar-refractivity contribution in [2.75, 3.05) is 27.4 Å². The van der Waals surface area contributed by atoms with Crippen molar-refractivity contribution in [3.8, 4) is 11.5 Å². The van der Waals surface area contributed by atoms with Gasteiger partial charge >= 0.3 is 0 Å². The van der Waals surface area contributed by atoms with Crippen LogP contribution >= 0.6 is 11.6 Å². The fourth-order valence-corrected chi connectivity index (χ4v) is 4.33. The standard InChI is InChI=1S/C24H24ClNO6/c1-30-16-9-10-18(19(12-16)31-2)21-20(22(27)14-5-7-15(25)8-6-14)23(28)24(29)26(21)13-17-4-3-11-32-17/h5-10,12,17,21,27H,3-4,11,13H2,1-2H3/b22-20-. The first-order chi connectivity index (χ1) is 15.4. The van der Waals surface area contributed by atoms with E-state index < -0.39 is 17.7 Å². The molecule has 2 saturated heterocycles. The summed E-state index contributed by atoms with van der Waals surface area (Å²) in [6, 6.07) is 10.8. The molecule has 2 aromatic carbocycles. The number of ketones is 1. The topological polar surface area (TPSA) is 85.3 Å². The van der Waals surface area contributed by atoms with Crippen LogP contribution < -0.4 is 9.47 Å². The van der Waals surface area contributed by atoms with Crippen molar-refractivity contribution >= 4 is 29.1 Å². The van der Waals surface area contributed by atoms with Gasteiger partial charge in [-0.1, -0.05) is 11.6 Å². The molecule has 2 heterocycles. The Bertz CT molecular complexity index is 1060. The van der Waals surface area contributed by atoms with Crippen LogP contribution in [0.1, 0.15) is 30.0 Å². The number of ether oxygens (including phenoxy) is 3. The summed E-state index contributed by atoms with van der Waals surface area (Å²) in [6.07, 6.45) is 1.53. The second-order valence-electron chi connectivity index (χ2n) is 7.70. The van der Waals surface area contributed by atoms with Crippen LogP contribution in [0.25, 0.3) is 5.76 Å². The minimum atomic E-state index is -0.837. The summed E-state index contributed by atoms with van der Waals surface area (Å²) >= 11 is 5.97. The zero-order chi connectivity index (χ0) is 22.8. The van der Waals surface area contributed by atoms with Crippen LogP contribution in [0, 0.1) is 0 Å². The number of carbonyl (C=O) groups is 2. The van der Waals surface area contributed by atoms with E-state index in [4.69, 9.17) is 25.8 Å². The molecule has 32 heavy (non-hydrogen) atoms. The quantitative estimate of drug-likeness (QED) is 0.401. The van der Waals surface area contributed by atoms with Crippen molar-refractivity contribution in [1.82, 2.24) is 4.90 Å². The molecule has 2 aliphatic rings. The van der Waals surface area contributed by atoms with Gasteiger partial charge in [-0.2, -0.15) is 0 Å². The fraction of sp³-hybridized carbons (Fsp3) is 0.333. The molecule has 2 fully saturated rings. The zero-order valence-electron chi connectivity index (χ0n) is 17.8. The summed E-state index contributed by atoms with van der Waals surface area (Å²) in [5.41, 5.74) is 0.960. The van der Waals surface area contributed by atoms with Gasteiger partial charge in [-0.15, -0.1) is 0 Å². The predicted octanol–water partition coefficient (Wildman–Crippen LogP) is 3.96. The number of methoxy groups -OCH3 is 2. The van der Waals surface area contributed by atoms with Gasteiger partial charge in [0.05, 0.1) is 31.9 Å². The van der Waals surface area contributed by atoms with Crippen molar-refractivity contribution in [3.63, 3.8) is 0 Å². The number of amides is 1. The number of halogens is 1. The number of nitrogens with zero attached hydrogens (tertiary/aromatic N) is 1. The Morgan fingerprint density at radius 1 is 1.16 bits per heavy atom. The van der Waals surface area contributed by atoms with Gasteiger partial charge in [0, 0.05) is 35.4 Å². The molecule has 1 N–H and O–H groups in total. The van der Waals surface area contributed by atoms with Crippen molar-refractivity contribution in [3.05, 3.63) is 64.2 Å². The SMILES string of the molecule is COc1ccc(C2/C(=C(/O)c3ccc(Cl)cc3)C(=O)C(=O)N2CC2CCCO2)c(OC)c1. The van der Waals surface area contributed by atoms with E-state index >= 15 is 0 Å². The number of hydrogen-bond donors (Lipinski definition) is 1. The highest BCUT2D eigenvalue weighted by Gasteiger charge is 2.48. The Hall–Kier alpha value is -3.03. The smallest absolute Gasteiger partial charge is 0.295 e. The number of carbonyl (C=O) groups excluding carboxylic acids is 2. The first-order valence-corrected chi connectivity index (χ1v) is 10.7. The van der Waals surface area contributed by atoms with E-state index in [0.29, 0.717) is 34.3 Å². The van der Waals surface area contributed by atoms with Crippen LogP contribution in [0.3, 0.4) is 0 Å². The predicted molar refractivity (Wildman–Crippen MR) is 119 cm³/mol. The average Bonchev–Trinajstić information content (AvgIpc) is 3.41. The maximum atomic E-state index is 13.1. The van der Waals surface area contributed by atoms with Crippen LogP contribution in [0.15, 0.2) is 48.0 Å². The highest BCUT2D eigenvalue weighted by atomic mass is 35.5. The number of rotatable bonds is 6. The molecule has 2 aliphatic heterocycles. The van der Waals surface area contributed by atoms with Crippen molar-refractivity contribution < 1.29 is 28.9 Å². The summed E-state index contributed by atoms with van der Waals surface area (Å²) in [5, 5.41) is 11.6. The third-order valence-corrected chi connectivity index (χ3v) is 6.07. The van der Waals surface area contributed by atoms with Crippen molar-refractivity contribution in [1.29, 1.82) is 0 Å². The fourth-order valence-electron chi connectivity index (χ4n) is 4.21. The van der Waals surface area contributed by atoms with Crippen LogP contribution in [0.2, 0.25) is 5.02 Å². The third-order valence-electron chi connectivity index (χ3n) is 5.82. The van der Waals surface area contributed by atoms with Crippen molar-refractivity contribution in [2.24, 2.45) is 0 Å².